The fraction of sp³-hybridized carbons (Fsp3) is 0.533. The van der Waals surface area contributed by atoms with Gasteiger partial charge in [0.1, 0.15) is 5.75 Å². The van der Waals surface area contributed by atoms with E-state index in [2.05, 4.69) is 5.32 Å². The third kappa shape index (κ3) is 3.44. The number of methoxy groups -OCH3 is 1. The van der Waals surface area contributed by atoms with Gasteiger partial charge < -0.3 is 15.0 Å². The maximum absolute atomic E-state index is 12.6. The molecule has 0 aliphatic carbocycles. The van der Waals surface area contributed by atoms with Gasteiger partial charge in [0.05, 0.1) is 12.7 Å². The lowest BCUT2D eigenvalue weighted by molar-refractivity contribution is 0.0687. The van der Waals surface area contributed by atoms with Crippen LogP contribution in [0.1, 0.15) is 23.2 Å². The molecular formula is C15H21ClN2O2. The number of nitrogens with zero attached hydrogens (tertiary/aromatic N) is 1. The summed E-state index contributed by atoms with van der Waals surface area (Å²) < 4.78 is 5.26. The lowest BCUT2D eigenvalue weighted by Gasteiger charge is -2.32. The zero-order valence-electron chi connectivity index (χ0n) is 12.0. The van der Waals surface area contributed by atoms with Gasteiger partial charge in [-0.25, -0.2) is 0 Å². The normalized spacial score (nSPS) is 16.2. The minimum atomic E-state index is 0.00672. The van der Waals surface area contributed by atoms with E-state index in [1.165, 1.54) is 0 Å². The number of nitrogens with one attached hydrogen (secondary N) is 1. The molecule has 2 rings (SSSR count). The van der Waals surface area contributed by atoms with Crippen molar-refractivity contribution in [2.45, 2.75) is 12.8 Å². The molecule has 0 unspecified atom stereocenters. The molecule has 1 amide bonds. The molecule has 0 bridgehead atoms. The average Bonchev–Trinajstić information content (AvgIpc) is 2.47. The van der Waals surface area contributed by atoms with Crippen LogP contribution in [0, 0.1) is 5.92 Å². The van der Waals surface area contributed by atoms with Gasteiger partial charge in [-0.15, -0.1) is 0 Å². The lowest BCUT2D eigenvalue weighted by Crippen LogP contribution is -2.40. The van der Waals surface area contributed by atoms with E-state index in [0.717, 1.165) is 32.5 Å². The summed E-state index contributed by atoms with van der Waals surface area (Å²) in [5.74, 6) is 1.24. The largest absolute Gasteiger partial charge is 0.496 e. The number of piperidine rings is 1. The molecule has 1 heterocycles. The van der Waals surface area contributed by atoms with Crippen molar-refractivity contribution in [2.24, 2.45) is 5.92 Å². The van der Waals surface area contributed by atoms with Crippen LogP contribution in [-0.2, 0) is 0 Å². The number of hydrogen-bond acceptors (Lipinski definition) is 3. The molecule has 5 heteroatoms. The predicted molar refractivity (Wildman–Crippen MR) is 80.6 cm³/mol. The molecule has 0 atom stereocenters. The first-order valence-corrected chi connectivity index (χ1v) is 7.31. The van der Waals surface area contributed by atoms with E-state index in [1.54, 1.807) is 25.3 Å². The molecule has 0 saturated carbocycles. The molecule has 1 saturated heterocycles. The predicted octanol–water partition coefficient (Wildman–Crippen LogP) is 2.42. The first-order valence-electron chi connectivity index (χ1n) is 6.93. The maximum atomic E-state index is 12.6. The molecule has 1 fully saturated rings. The van der Waals surface area contributed by atoms with E-state index < -0.39 is 0 Å². The van der Waals surface area contributed by atoms with Crippen molar-refractivity contribution >= 4 is 17.5 Å². The van der Waals surface area contributed by atoms with Crippen LogP contribution in [0.15, 0.2) is 18.2 Å². The van der Waals surface area contributed by atoms with E-state index in [0.29, 0.717) is 22.3 Å². The fourth-order valence-corrected chi connectivity index (χ4v) is 2.82. The van der Waals surface area contributed by atoms with Crippen molar-refractivity contribution in [3.63, 3.8) is 0 Å². The van der Waals surface area contributed by atoms with Gasteiger partial charge in [0, 0.05) is 18.1 Å². The Morgan fingerprint density at radius 2 is 2.15 bits per heavy atom. The fourth-order valence-electron chi connectivity index (χ4n) is 2.65. The smallest absolute Gasteiger partial charge is 0.257 e. The lowest BCUT2D eigenvalue weighted by atomic mass is 9.96. The molecule has 1 aliphatic rings. The van der Waals surface area contributed by atoms with Crippen molar-refractivity contribution in [1.29, 1.82) is 0 Å². The van der Waals surface area contributed by atoms with Gasteiger partial charge in [-0.1, -0.05) is 11.6 Å². The Morgan fingerprint density at radius 3 is 2.75 bits per heavy atom. The van der Waals surface area contributed by atoms with Crippen LogP contribution in [0.5, 0.6) is 5.75 Å². The monoisotopic (exact) mass is 296 g/mol. The summed E-state index contributed by atoms with van der Waals surface area (Å²) in [6.45, 7) is 2.60. The quantitative estimate of drug-likeness (QED) is 0.928. The number of ether oxygens (including phenoxy) is 1. The number of carbonyl (C=O) groups excluding carboxylic acids is 1. The Labute approximate surface area is 125 Å². The van der Waals surface area contributed by atoms with Crippen LogP contribution in [0.2, 0.25) is 5.02 Å². The molecular weight excluding hydrogens is 276 g/mol. The first-order chi connectivity index (χ1) is 9.65. The summed E-state index contributed by atoms with van der Waals surface area (Å²) in [5.41, 5.74) is 0.548. The van der Waals surface area contributed by atoms with Crippen molar-refractivity contribution in [2.75, 3.05) is 33.8 Å². The minimum Gasteiger partial charge on any atom is -0.496 e. The Hall–Kier alpha value is -1.26. The molecule has 1 aliphatic heterocycles. The highest BCUT2D eigenvalue weighted by molar-refractivity contribution is 6.31. The number of halogens is 1. The Morgan fingerprint density at radius 1 is 1.45 bits per heavy atom. The summed E-state index contributed by atoms with van der Waals surface area (Å²) in [6.07, 6.45) is 2.07. The van der Waals surface area contributed by atoms with Crippen molar-refractivity contribution in [1.82, 2.24) is 10.2 Å². The van der Waals surface area contributed by atoms with Crippen LogP contribution in [-0.4, -0.2) is 44.6 Å². The summed E-state index contributed by atoms with van der Waals surface area (Å²) in [4.78, 5) is 14.5. The second-order valence-corrected chi connectivity index (χ2v) is 5.57. The zero-order valence-corrected chi connectivity index (χ0v) is 12.7. The van der Waals surface area contributed by atoms with Crippen LogP contribution in [0.3, 0.4) is 0 Å². The SMILES string of the molecule is CNCC1CCN(C(=O)c2cc(Cl)ccc2OC)CC1. The van der Waals surface area contributed by atoms with Gasteiger partial charge in [-0.05, 0) is 50.6 Å². The summed E-state index contributed by atoms with van der Waals surface area (Å²) >= 11 is 5.99. The number of benzene rings is 1. The first kappa shape index (κ1) is 15.1. The summed E-state index contributed by atoms with van der Waals surface area (Å²) in [6, 6.07) is 5.15. The highest BCUT2D eigenvalue weighted by atomic mass is 35.5. The van der Waals surface area contributed by atoms with Crippen LogP contribution < -0.4 is 10.1 Å². The van der Waals surface area contributed by atoms with E-state index >= 15 is 0 Å². The van der Waals surface area contributed by atoms with E-state index in [9.17, 15) is 4.79 Å². The molecule has 0 radical (unpaired) electrons. The van der Waals surface area contributed by atoms with Crippen LogP contribution >= 0.6 is 11.6 Å². The standard InChI is InChI=1S/C15H21ClN2O2/c1-17-10-11-5-7-18(8-6-11)15(19)13-9-12(16)3-4-14(13)20-2/h3-4,9,11,17H,5-8,10H2,1-2H3. The number of rotatable bonds is 4. The number of amides is 1. The molecule has 1 aromatic rings. The second-order valence-electron chi connectivity index (χ2n) is 5.14. The van der Waals surface area contributed by atoms with Crippen LogP contribution in [0.4, 0.5) is 0 Å². The Balaban J connectivity index is 2.07. The molecule has 1 N–H and O–H groups in total. The number of carbonyl (C=O) groups is 1. The van der Waals surface area contributed by atoms with Crippen molar-refractivity contribution in [3.8, 4) is 5.75 Å². The number of hydrogen-bond donors (Lipinski definition) is 1. The Bertz CT molecular complexity index is 471. The van der Waals surface area contributed by atoms with Gasteiger partial charge in [-0.3, -0.25) is 4.79 Å². The van der Waals surface area contributed by atoms with Crippen LogP contribution in [0.25, 0.3) is 0 Å². The third-order valence-electron chi connectivity index (χ3n) is 3.79. The minimum absolute atomic E-state index is 0.00672. The van der Waals surface area contributed by atoms with Gasteiger partial charge in [0.25, 0.3) is 5.91 Å². The average molecular weight is 297 g/mol. The van der Waals surface area contributed by atoms with Gasteiger partial charge in [-0.2, -0.15) is 0 Å². The highest BCUT2D eigenvalue weighted by Crippen LogP contribution is 2.26. The summed E-state index contributed by atoms with van der Waals surface area (Å²) in [5, 5.41) is 3.75. The molecule has 110 valence electrons. The summed E-state index contributed by atoms with van der Waals surface area (Å²) in [7, 11) is 3.54. The molecule has 4 nitrogen and oxygen atoms in total. The zero-order chi connectivity index (χ0) is 14.5. The molecule has 20 heavy (non-hydrogen) atoms. The van der Waals surface area contributed by atoms with E-state index in [1.807, 2.05) is 11.9 Å². The topological polar surface area (TPSA) is 41.6 Å². The van der Waals surface area contributed by atoms with Gasteiger partial charge >= 0.3 is 0 Å². The maximum Gasteiger partial charge on any atom is 0.257 e. The molecule has 0 aromatic heterocycles. The number of likely N-dealkylation sites (tertiary alicyclic amines) is 1. The van der Waals surface area contributed by atoms with Crippen molar-refractivity contribution in [3.05, 3.63) is 28.8 Å². The van der Waals surface area contributed by atoms with Crippen molar-refractivity contribution < 1.29 is 9.53 Å². The van der Waals surface area contributed by atoms with E-state index in [4.69, 9.17) is 16.3 Å². The van der Waals surface area contributed by atoms with Gasteiger partial charge in [0.2, 0.25) is 0 Å². The second kappa shape index (κ2) is 6.95. The van der Waals surface area contributed by atoms with Gasteiger partial charge in [0.15, 0.2) is 0 Å². The molecule has 0 spiro atoms. The molecule has 1 aromatic carbocycles. The highest BCUT2D eigenvalue weighted by Gasteiger charge is 2.25. The van der Waals surface area contributed by atoms with E-state index in [-0.39, 0.29) is 5.91 Å². The Kier molecular flexibility index (Phi) is 5.26. The third-order valence-corrected chi connectivity index (χ3v) is 4.02.